The van der Waals surface area contributed by atoms with Gasteiger partial charge in [-0.2, -0.15) is 0 Å². The van der Waals surface area contributed by atoms with Crippen molar-refractivity contribution in [3.05, 3.63) is 114 Å². The number of hydrogen-bond donors (Lipinski definition) is 0. The molecule has 33 heavy (non-hydrogen) atoms. The van der Waals surface area contributed by atoms with Crippen molar-refractivity contribution in [3.8, 4) is 5.69 Å². The molecule has 0 unspecified atom stereocenters. The number of allylic oxidation sites excluding steroid dienone is 7. The lowest BCUT2D eigenvalue weighted by atomic mass is 9.81. The van der Waals surface area contributed by atoms with E-state index in [1.54, 1.807) is 0 Å². The van der Waals surface area contributed by atoms with Gasteiger partial charge in [0.1, 0.15) is 0 Å². The van der Waals surface area contributed by atoms with Gasteiger partial charge in [0, 0.05) is 22.1 Å². The summed E-state index contributed by atoms with van der Waals surface area (Å²) < 4.78 is 2.35. The van der Waals surface area contributed by atoms with Crippen LogP contribution < -0.4 is 0 Å². The summed E-state index contributed by atoms with van der Waals surface area (Å²) in [5.41, 5.74) is 11.9. The molecule has 0 N–H and O–H groups in total. The van der Waals surface area contributed by atoms with E-state index >= 15 is 0 Å². The number of hydrogen-bond acceptors (Lipinski definition) is 0. The van der Waals surface area contributed by atoms with E-state index in [1.807, 2.05) is 19.1 Å². The zero-order valence-corrected chi connectivity index (χ0v) is 20.5. The van der Waals surface area contributed by atoms with E-state index in [-0.39, 0.29) is 5.41 Å². The van der Waals surface area contributed by atoms with Gasteiger partial charge in [0.15, 0.2) is 0 Å². The maximum atomic E-state index is 4.14. The van der Waals surface area contributed by atoms with E-state index in [4.69, 9.17) is 0 Å². The first-order valence-electron chi connectivity index (χ1n) is 11.5. The van der Waals surface area contributed by atoms with Crippen LogP contribution in [-0.2, 0) is 5.41 Å². The number of nitrogens with zero attached hydrogens (tertiary/aromatic N) is 1. The molecule has 1 aliphatic rings. The second kappa shape index (κ2) is 8.41. The third-order valence-electron chi connectivity index (χ3n) is 6.79. The lowest BCUT2D eigenvalue weighted by molar-refractivity contribution is 0.653. The Morgan fingerprint density at radius 1 is 0.939 bits per heavy atom. The standard InChI is InChI=1S/C32H33N/c1-9-13-28-24(11-3)26-17-16-23(20-29(26)32(28,7)8)33-30(14-10-2)25(12-4)27-19-22(21(5)6)15-18-31(27)33/h9-20H,3-5H2,1-2,6-8H3/b13-9-,14-10-. The maximum absolute atomic E-state index is 4.14. The van der Waals surface area contributed by atoms with Gasteiger partial charge in [0.2, 0.25) is 0 Å². The summed E-state index contributed by atoms with van der Waals surface area (Å²) >= 11 is 0. The zero-order valence-electron chi connectivity index (χ0n) is 20.5. The quantitative estimate of drug-likeness (QED) is 0.367. The lowest BCUT2D eigenvalue weighted by Gasteiger charge is -2.24. The molecule has 0 atom stereocenters. The molecule has 1 heteroatoms. The monoisotopic (exact) mass is 431 g/mol. The second-order valence-electron chi connectivity index (χ2n) is 9.24. The zero-order chi connectivity index (χ0) is 23.9. The van der Waals surface area contributed by atoms with Crippen molar-refractivity contribution in [2.75, 3.05) is 0 Å². The number of aromatic nitrogens is 1. The molecule has 0 spiro atoms. The van der Waals surface area contributed by atoms with Gasteiger partial charge in [-0.15, -0.1) is 0 Å². The predicted molar refractivity (Wildman–Crippen MR) is 148 cm³/mol. The van der Waals surface area contributed by atoms with E-state index < -0.39 is 0 Å². The summed E-state index contributed by atoms with van der Waals surface area (Å²) in [6, 6.07) is 13.4. The number of benzene rings is 2. The van der Waals surface area contributed by atoms with Gasteiger partial charge in [-0.3, -0.25) is 0 Å². The molecule has 0 bridgehead atoms. The molecule has 0 radical (unpaired) electrons. The fourth-order valence-electron chi connectivity index (χ4n) is 5.15. The summed E-state index contributed by atoms with van der Waals surface area (Å²) in [4.78, 5) is 0. The molecule has 4 rings (SSSR count). The summed E-state index contributed by atoms with van der Waals surface area (Å²) in [5, 5.41) is 1.19. The van der Waals surface area contributed by atoms with Crippen LogP contribution in [0.5, 0.6) is 0 Å². The maximum Gasteiger partial charge on any atom is 0.0541 e. The highest BCUT2D eigenvalue weighted by Crippen LogP contribution is 2.48. The van der Waals surface area contributed by atoms with Crippen molar-refractivity contribution in [3.63, 3.8) is 0 Å². The van der Waals surface area contributed by atoms with Crippen LogP contribution in [0.15, 0.2) is 86.0 Å². The van der Waals surface area contributed by atoms with Gasteiger partial charge in [0.25, 0.3) is 0 Å². The Labute approximate surface area is 198 Å². The Balaban J connectivity index is 2.04. The molecule has 0 saturated carbocycles. The Bertz CT molecular complexity index is 1400. The van der Waals surface area contributed by atoms with Crippen LogP contribution >= 0.6 is 0 Å². The van der Waals surface area contributed by atoms with Gasteiger partial charge in [0.05, 0.1) is 11.2 Å². The lowest BCUT2D eigenvalue weighted by Crippen LogP contribution is -2.16. The highest BCUT2D eigenvalue weighted by atomic mass is 15.0. The first-order valence-corrected chi connectivity index (χ1v) is 11.5. The van der Waals surface area contributed by atoms with Crippen molar-refractivity contribution in [2.45, 2.75) is 40.0 Å². The van der Waals surface area contributed by atoms with E-state index in [0.29, 0.717) is 0 Å². The fourth-order valence-corrected chi connectivity index (χ4v) is 5.15. The molecule has 0 saturated heterocycles. The van der Waals surface area contributed by atoms with Gasteiger partial charge >= 0.3 is 0 Å². The highest BCUT2D eigenvalue weighted by molar-refractivity contribution is 5.97. The normalized spacial score (nSPS) is 15.1. The average molecular weight is 432 g/mol. The van der Waals surface area contributed by atoms with Gasteiger partial charge in [-0.05, 0) is 78.9 Å². The van der Waals surface area contributed by atoms with Crippen LogP contribution in [0.3, 0.4) is 0 Å². The molecule has 0 aliphatic heterocycles. The summed E-state index contributed by atoms with van der Waals surface area (Å²) in [7, 11) is 0. The Morgan fingerprint density at radius 3 is 2.27 bits per heavy atom. The molecule has 166 valence electrons. The molecule has 1 aromatic heterocycles. The number of rotatable bonds is 6. The van der Waals surface area contributed by atoms with Crippen LogP contribution in [0.25, 0.3) is 39.9 Å². The minimum atomic E-state index is -0.0977. The summed E-state index contributed by atoms with van der Waals surface area (Å²) in [6.07, 6.45) is 12.6. The molecule has 1 heterocycles. The molecular formula is C32H33N. The van der Waals surface area contributed by atoms with Gasteiger partial charge < -0.3 is 4.57 Å². The van der Waals surface area contributed by atoms with Crippen LogP contribution in [0.1, 0.15) is 62.6 Å². The summed E-state index contributed by atoms with van der Waals surface area (Å²) in [5.74, 6) is 0. The molecule has 0 fully saturated rings. The van der Waals surface area contributed by atoms with E-state index in [9.17, 15) is 0 Å². The van der Waals surface area contributed by atoms with E-state index in [2.05, 4.69) is 113 Å². The third kappa shape index (κ3) is 3.40. The molecule has 1 aliphatic carbocycles. The minimum absolute atomic E-state index is 0.0977. The van der Waals surface area contributed by atoms with Gasteiger partial charge in [-0.1, -0.05) is 81.7 Å². The van der Waals surface area contributed by atoms with Crippen molar-refractivity contribution in [1.29, 1.82) is 0 Å². The minimum Gasteiger partial charge on any atom is -0.309 e. The van der Waals surface area contributed by atoms with Crippen LogP contribution in [0.2, 0.25) is 0 Å². The Hall–Kier alpha value is -3.58. The van der Waals surface area contributed by atoms with Crippen molar-refractivity contribution in [1.82, 2.24) is 4.57 Å². The molecule has 0 amide bonds. The van der Waals surface area contributed by atoms with Crippen molar-refractivity contribution < 1.29 is 0 Å². The van der Waals surface area contributed by atoms with Crippen LogP contribution in [-0.4, -0.2) is 4.57 Å². The fraction of sp³-hybridized carbons (Fsp3) is 0.188. The van der Waals surface area contributed by atoms with Crippen LogP contribution in [0, 0.1) is 0 Å². The smallest absolute Gasteiger partial charge is 0.0541 e. The largest absolute Gasteiger partial charge is 0.309 e. The molecule has 1 nitrogen and oxygen atoms in total. The molecule has 2 aromatic carbocycles. The van der Waals surface area contributed by atoms with Crippen molar-refractivity contribution >= 4 is 34.2 Å². The molecule has 3 aromatic rings. The Morgan fingerprint density at radius 2 is 1.67 bits per heavy atom. The topological polar surface area (TPSA) is 4.93 Å². The SMILES string of the molecule is C=CC1=C(/C=C\C)C(C)(C)c2cc(-n3c(/C=C\C)c(C=C)c4cc(C(=C)C)ccc43)ccc21. The van der Waals surface area contributed by atoms with E-state index in [1.165, 1.54) is 33.2 Å². The van der Waals surface area contributed by atoms with Crippen molar-refractivity contribution in [2.24, 2.45) is 0 Å². The third-order valence-corrected chi connectivity index (χ3v) is 6.79. The van der Waals surface area contributed by atoms with Gasteiger partial charge in [-0.25, -0.2) is 0 Å². The average Bonchev–Trinajstić information content (AvgIpc) is 3.21. The predicted octanol–water partition coefficient (Wildman–Crippen LogP) is 9.15. The van der Waals surface area contributed by atoms with Crippen LogP contribution in [0.4, 0.5) is 0 Å². The first-order chi connectivity index (χ1) is 15.8. The van der Waals surface area contributed by atoms with E-state index in [0.717, 1.165) is 28.1 Å². The molecular weight excluding hydrogens is 398 g/mol. The Kier molecular flexibility index (Phi) is 5.76. The summed E-state index contributed by atoms with van der Waals surface area (Å²) in [6.45, 7) is 23.2. The highest BCUT2D eigenvalue weighted by Gasteiger charge is 2.35. The number of fused-ring (bicyclic) bond motifs is 2. The first kappa shape index (κ1) is 22.6. The second-order valence-corrected chi connectivity index (χ2v) is 9.24.